The van der Waals surface area contributed by atoms with E-state index < -0.39 is 0 Å². The van der Waals surface area contributed by atoms with E-state index >= 15 is 0 Å². The minimum Gasteiger partial charge on any atom is -0.497 e. The Morgan fingerprint density at radius 3 is 1.43 bits per heavy atom. The van der Waals surface area contributed by atoms with E-state index in [4.69, 9.17) is 9.47 Å². The average molecular weight is 377 g/mol. The van der Waals surface area contributed by atoms with Gasteiger partial charge in [-0.3, -0.25) is 0 Å². The molecule has 0 atom stereocenters. The average Bonchev–Trinajstić information content (AvgIpc) is 3.10. The molecule has 0 N–H and O–H groups in total. The highest BCUT2D eigenvalue weighted by Gasteiger charge is 2.16. The van der Waals surface area contributed by atoms with E-state index in [0.29, 0.717) is 0 Å². The fourth-order valence-corrected chi connectivity index (χ4v) is 4.39. The summed E-state index contributed by atoms with van der Waals surface area (Å²) in [4.78, 5) is 0. The van der Waals surface area contributed by atoms with Crippen molar-refractivity contribution in [3.8, 4) is 11.5 Å². The molecule has 2 aromatic carbocycles. The third-order valence-electron chi connectivity index (χ3n) is 6.29. The SMILES string of the molecule is COc1ccc2c(c1)c(CCc1c(C)n(C)c3ccc(OC)cc13)c(C)n2C. The lowest BCUT2D eigenvalue weighted by Gasteiger charge is -2.06. The number of aromatic nitrogens is 2. The molecule has 4 heteroatoms. The number of methoxy groups -OCH3 is 2. The van der Waals surface area contributed by atoms with Crippen LogP contribution in [0.15, 0.2) is 36.4 Å². The van der Waals surface area contributed by atoms with Crippen LogP contribution < -0.4 is 9.47 Å². The first-order chi connectivity index (χ1) is 13.5. The van der Waals surface area contributed by atoms with E-state index in [1.54, 1.807) is 14.2 Å². The predicted octanol–water partition coefficient (Wildman–Crippen LogP) is 5.09. The van der Waals surface area contributed by atoms with Gasteiger partial charge in [0.25, 0.3) is 0 Å². The Kier molecular flexibility index (Phi) is 4.58. The van der Waals surface area contributed by atoms with Crippen molar-refractivity contribution in [2.75, 3.05) is 14.2 Å². The van der Waals surface area contributed by atoms with Gasteiger partial charge in [-0.1, -0.05) is 0 Å². The van der Waals surface area contributed by atoms with Crippen molar-refractivity contribution in [3.05, 3.63) is 58.9 Å². The maximum Gasteiger partial charge on any atom is 0.119 e. The summed E-state index contributed by atoms with van der Waals surface area (Å²) in [6.07, 6.45) is 1.99. The number of hydrogen-bond donors (Lipinski definition) is 0. The normalized spacial score (nSPS) is 11.5. The molecule has 4 nitrogen and oxygen atoms in total. The van der Waals surface area contributed by atoms with Crippen LogP contribution in [-0.4, -0.2) is 23.4 Å². The molecule has 0 aliphatic heterocycles. The van der Waals surface area contributed by atoms with Crippen LogP contribution in [0.4, 0.5) is 0 Å². The molecule has 0 amide bonds. The van der Waals surface area contributed by atoms with Crippen molar-refractivity contribution >= 4 is 21.8 Å². The maximum atomic E-state index is 5.47. The van der Waals surface area contributed by atoms with Gasteiger partial charge in [-0.2, -0.15) is 0 Å². The molecule has 28 heavy (non-hydrogen) atoms. The van der Waals surface area contributed by atoms with Crippen LogP contribution in [0, 0.1) is 13.8 Å². The lowest BCUT2D eigenvalue weighted by atomic mass is 9.99. The fourth-order valence-electron chi connectivity index (χ4n) is 4.39. The van der Waals surface area contributed by atoms with Crippen molar-refractivity contribution in [1.82, 2.24) is 9.13 Å². The molecule has 0 spiro atoms. The second-order valence-electron chi connectivity index (χ2n) is 7.51. The van der Waals surface area contributed by atoms with Gasteiger partial charge in [-0.05, 0) is 74.2 Å². The summed E-state index contributed by atoms with van der Waals surface area (Å²) in [6.45, 7) is 4.42. The molecule has 0 aliphatic carbocycles. The fraction of sp³-hybridized carbons (Fsp3) is 0.333. The molecular weight excluding hydrogens is 348 g/mol. The minimum absolute atomic E-state index is 0.908. The van der Waals surface area contributed by atoms with Gasteiger partial charge in [0.2, 0.25) is 0 Å². The number of hydrogen-bond acceptors (Lipinski definition) is 2. The van der Waals surface area contributed by atoms with Crippen LogP contribution in [0.25, 0.3) is 21.8 Å². The monoisotopic (exact) mass is 376 g/mol. The van der Waals surface area contributed by atoms with Crippen molar-refractivity contribution in [2.24, 2.45) is 14.1 Å². The summed E-state index contributed by atoms with van der Waals surface area (Å²) in [6, 6.07) is 12.7. The van der Waals surface area contributed by atoms with Crippen LogP contribution in [0.3, 0.4) is 0 Å². The van der Waals surface area contributed by atoms with Crippen molar-refractivity contribution in [3.63, 3.8) is 0 Å². The number of aryl methyl sites for hydroxylation is 4. The minimum atomic E-state index is 0.908. The standard InChI is InChI=1S/C24H28N2O2/c1-15-19(21-13-17(27-5)7-11-23(21)25(15)3)9-10-20-16(2)26(4)24-12-8-18(28-6)14-22(20)24/h7-8,11-14H,9-10H2,1-6H3. The highest BCUT2D eigenvalue weighted by Crippen LogP contribution is 2.33. The van der Waals surface area contributed by atoms with E-state index in [1.165, 1.54) is 44.3 Å². The smallest absolute Gasteiger partial charge is 0.119 e. The summed E-state index contributed by atoms with van der Waals surface area (Å²) < 4.78 is 15.5. The summed E-state index contributed by atoms with van der Waals surface area (Å²) >= 11 is 0. The Bertz CT molecular complexity index is 1090. The van der Waals surface area contributed by atoms with Crippen LogP contribution in [-0.2, 0) is 26.9 Å². The number of ether oxygens (including phenoxy) is 2. The van der Waals surface area contributed by atoms with Crippen LogP contribution >= 0.6 is 0 Å². The summed E-state index contributed by atoms with van der Waals surface area (Å²) in [7, 11) is 7.73. The summed E-state index contributed by atoms with van der Waals surface area (Å²) in [5, 5.41) is 2.57. The van der Waals surface area contributed by atoms with E-state index in [-0.39, 0.29) is 0 Å². The van der Waals surface area contributed by atoms with Gasteiger partial charge in [0.05, 0.1) is 14.2 Å². The van der Waals surface area contributed by atoms with Gasteiger partial charge in [0.15, 0.2) is 0 Å². The molecule has 0 bridgehead atoms. The zero-order valence-electron chi connectivity index (χ0n) is 17.6. The van der Waals surface area contributed by atoms with Crippen molar-refractivity contribution in [2.45, 2.75) is 26.7 Å². The molecule has 0 saturated heterocycles. The highest BCUT2D eigenvalue weighted by atomic mass is 16.5. The van der Waals surface area contributed by atoms with Crippen LogP contribution in [0.2, 0.25) is 0 Å². The second kappa shape index (κ2) is 6.93. The van der Waals surface area contributed by atoms with Gasteiger partial charge in [-0.25, -0.2) is 0 Å². The first-order valence-electron chi connectivity index (χ1n) is 9.70. The second-order valence-corrected chi connectivity index (χ2v) is 7.51. The highest BCUT2D eigenvalue weighted by molar-refractivity contribution is 5.88. The zero-order chi connectivity index (χ0) is 20.0. The van der Waals surface area contributed by atoms with E-state index in [1.807, 2.05) is 12.1 Å². The van der Waals surface area contributed by atoms with Gasteiger partial charge in [0, 0.05) is 47.3 Å². The van der Waals surface area contributed by atoms with E-state index in [9.17, 15) is 0 Å². The quantitative estimate of drug-likeness (QED) is 0.485. The first kappa shape index (κ1) is 18.5. The summed E-state index contributed by atoms with van der Waals surface area (Å²) in [5.74, 6) is 1.82. The molecular formula is C24H28N2O2. The number of nitrogens with zero attached hydrogens (tertiary/aromatic N) is 2. The molecule has 4 rings (SSSR count). The Balaban J connectivity index is 1.78. The molecule has 2 heterocycles. The molecule has 0 saturated carbocycles. The first-order valence-corrected chi connectivity index (χ1v) is 9.70. The molecule has 146 valence electrons. The zero-order valence-corrected chi connectivity index (χ0v) is 17.6. The maximum absolute atomic E-state index is 5.47. The van der Waals surface area contributed by atoms with Crippen molar-refractivity contribution in [1.29, 1.82) is 0 Å². The lowest BCUT2D eigenvalue weighted by molar-refractivity contribution is 0.415. The number of benzene rings is 2. The number of rotatable bonds is 5. The van der Waals surface area contributed by atoms with Crippen molar-refractivity contribution < 1.29 is 9.47 Å². The van der Waals surface area contributed by atoms with E-state index in [0.717, 1.165) is 24.3 Å². The molecule has 0 fully saturated rings. The van der Waals surface area contributed by atoms with Crippen LogP contribution in [0.5, 0.6) is 11.5 Å². The Labute approximate surface area is 166 Å². The van der Waals surface area contributed by atoms with Gasteiger partial charge >= 0.3 is 0 Å². The molecule has 0 radical (unpaired) electrons. The molecule has 0 unspecified atom stereocenters. The van der Waals surface area contributed by atoms with Gasteiger partial charge in [0.1, 0.15) is 11.5 Å². The third-order valence-corrected chi connectivity index (χ3v) is 6.29. The Morgan fingerprint density at radius 1 is 0.679 bits per heavy atom. The number of fused-ring (bicyclic) bond motifs is 2. The molecule has 0 aliphatic rings. The largest absolute Gasteiger partial charge is 0.497 e. The van der Waals surface area contributed by atoms with E-state index in [2.05, 4.69) is 61.3 Å². The Morgan fingerprint density at radius 2 is 1.07 bits per heavy atom. The topological polar surface area (TPSA) is 28.3 Å². The molecule has 2 aromatic heterocycles. The summed E-state index contributed by atoms with van der Waals surface area (Å²) in [5.41, 5.74) is 7.94. The lowest BCUT2D eigenvalue weighted by Crippen LogP contribution is -1.97. The van der Waals surface area contributed by atoms with Crippen LogP contribution in [0.1, 0.15) is 22.5 Å². The predicted molar refractivity (Wildman–Crippen MR) is 116 cm³/mol. The van der Waals surface area contributed by atoms with Gasteiger partial charge in [-0.15, -0.1) is 0 Å². The third kappa shape index (κ3) is 2.75. The Hall–Kier alpha value is -2.88. The van der Waals surface area contributed by atoms with Gasteiger partial charge < -0.3 is 18.6 Å². The molecule has 4 aromatic rings.